The number of methoxy groups -OCH3 is 1. The third-order valence-electron chi connectivity index (χ3n) is 5.55. The number of hydrogen-bond donors (Lipinski definition) is 0. The molecule has 0 saturated heterocycles. The van der Waals surface area contributed by atoms with Crippen LogP contribution in [0.25, 0.3) is 0 Å². The lowest BCUT2D eigenvalue weighted by molar-refractivity contribution is -0.127. The van der Waals surface area contributed by atoms with Gasteiger partial charge in [0.05, 0.1) is 19.9 Å². The second kappa shape index (κ2) is 13.2. The molecule has 0 unspecified atom stereocenters. The molecule has 2 aromatic rings. The summed E-state index contributed by atoms with van der Waals surface area (Å²) in [4.78, 5) is 31.7. The molecule has 33 heavy (non-hydrogen) atoms. The van der Waals surface area contributed by atoms with Gasteiger partial charge in [-0.3, -0.25) is 9.59 Å². The number of hydrogen-bond acceptors (Lipinski definition) is 5. The zero-order chi connectivity index (χ0) is 24.4. The van der Waals surface area contributed by atoms with Crippen molar-refractivity contribution >= 4 is 23.3 Å². The quantitative estimate of drug-likeness (QED) is 0.423. The molecule has 0 fully saturated rings. The highest BCUT2D eigenvalue weighted by Gasteiger charge is 2.23. The summed E-state index contributed by atoms with van der Waals surface area (Å²) in [6, 6.07) is 5.74. The minimum atomic E-state index is -0.00173. The first kappa shape index (κ1) is 26.6. The standard InChI is InChI=1S/C15H22N4O2.C10H13ClO/c1-4-17(3)7-5-6-15(21)18-8-9-19-13(12(2)20)10-16-14(19)11-18;1-3-5-8-9(11)6-4-7-10(8)12-2/h5-6,10H,4,7-9,11H2,1-3H3;4,6-7H,3,5H2,1-2H3/b6-5+;. The lowest BCUT2D eigenvalue weighted by atomic mass is 10.1. The molecule has 0 bridgehead atoms. The van der Waals surface area contributed by atoms with E-state index in [4.69, 9.17) is 16.3 Å². The molecule has 0 N–H and O–H groups in total. The average Bonchev–Trinajstić information content (AvgIpc) is 3.24. The van der Waals surface area contributed by atoms with Crippen LogP contribution in [0.1, 0.15) is 49.1 Å². The molecule has 0 saturated carbocycles. The summed E-state index contributed by atoms with van der Waals surface area (Å²) in [7, 11) is 3.68. The molecular formula is C25H35ClN4O3. The van der Waals surface area contributed by atoms with E-state index in [0.29, 0.717) is 25.3 Å². The van der Waals surface area contributed by atoms with Gasteiger partial charge in [-0.25, -0.2) is 4.98 Å². The number of rotatable bonds is 8. The Hall–Kier alpha value is -2.64. The molecule has 1 aromatic heterocycles. The fourth-order valence-corrected chi connectivity index (χ4v) is 3.78. The van der Waals surface area contributed by atoms with Gasteiger partial charge in [0.15, 0.2) is 5.78 Å². The van der Waals surface area contributed by atoms with Crippen LogP contribution in [0.3, 0.4) is 0 Å². The lowest BCUT2D eigenvalue weighted by Crippen LogP contribution is -2.38. The van der Waals surface area contributed by atoms with Gasteiger partial charge in [0.2, 0.25) is 5.91 Å². The van der Waals surface area contributed by atoms with Crippen LogP contribution in [0.15, 0.2) is 36.5 Å². The Kier molecular flexibility index (Phi) is 10.6. The number of imidazole rings is 1. The van der Waals surface area contributed by atoms with Crippen molar-refractivity contribution in [2.45, 2.75) is 46.7 Å². The third-order valence-corrected chi connectivity index (χ3v) is 5.90. The number of likely N-dealkylation sites (N-methyl/N-ethyl adjacent to an activating group) is 1. The molecule has 2 heterocycles. The van der Waals surface area contributed by atoms with E-state index in [-0.39, 0.29) is 11.7 Å². The molecule has 180 valence electrons. The number of benzene rings is 1. The Bertz CT molecular complexity index is 971. The van der Waals surface area contributed by atoms with Crippen molar-refractivity contribution in [3.63, 3.8) is 0 Å². The second-order valence-electron chi connectivity index (χ2n) is 7.96. The zero-order valence-corrected chi connectivity index (χ0v) is 21.1. The number of carbonyl (C=O) groups is 2. The third kappa shape index (κ3) is 7.44. The Morgan fingerprint density at radius 1 is 1.27 bits per heavy atom. The highest BCUT2D eigenvalue weighted by molar-refractivity contribution is 6.31. The Labute approximate surface area is 202 Å². The van der Waals surface area contributed by atoms with Gasteiger partial charge in [-0.05, 0) is 32.1 Å². The molecule has 0 aliphatic carbocycles. The molecule has 1 amide bonds. The largest absolute Gasteiger partial charge is 0.496 e. The smallest absolute Gasteiger partial charge is 0.246 e. The first-order valence-electron chi connectivity index (χ1n) is 11.3. The van der Waals surface area contributed by atoms with E-state index in [1.54, 1.807) is 24.3 Å². The number of carbonyl (C=O) groups excluding carboxylic acids is 2. The van der Waals surface area contributed by atoms with E-state index in [0.717, 1.165) is 48.1 Å². The van der Waals surface area contributed by atoms with Crippen LogP contribution in [0.2, 0.25) is 5.02 Å². The maximum Gasteiger partial charge on any atom is 0.246 e. The summed E-state index contributed by atoms with van der Waals surface area (Å²) in [5.74, 6) is 1.68. The summed E-state index contributed by atoms with van der Waals surface area (Å²) < 4.78 is 7.10. The van der Waals surface area contributed by atoms with Crippen molar-refractivity contribution in [1.82, 2.24) is 19.4 Å². The maximum atomic E-state index is 12.1. The summed E-state index contributed by atoms with van der Waals surface area (Å²) in [5, 5.41) is 0.802. The van der Waals surface area contributed by atoms with E-state index in [1.807, 2.05) is 35.9 Å². The number of amides is 1. The molecular weight excluding hydrogens is 440 g/mol. The molecule has 8 heteroatoms. The predicted molar refractivity (Wildman–Crippen MR) is 132 cm³/mol. The van der Waals surface area contributed by atoms with E-state index in [9.17, 15) is 9.59 Å². The predicted octanol–water partition coefficient (Wildman–Crippen LogP) is 4.24. The van der Waals surface area contributed by atoms with Crippen molar-refractivity contribution in [3.05, 3.63) is 58.7 Å². The van der Waals surface area contributed by atoms with Crippen LogP contribution in [0, 0.1) is 0 Å². The topological polar surface area (TPSA) is 67.7 Å². The molecule has 0 atom stereocenters. The number of fused-ring (bicyclic) bond motifs is 1. The van der Waals surface area contributed by atoms with Crippen LogP contribution in [0.5, 0.6) is 5.75 Å². The summed E-state index contributed by atoms with van der Waals surface area (Å²) in [6.07, 6.45) is 7.16. The van der Waals surface area contributed by atoms with Gasteiger partial charge in [0.1, 0.15) is 17.3 Å². The normalized spacial score (nSPS) is 13.0. The van der Waals surface area contributed by atoms with E-state index in [1.165, 1.54) is 6.92 Å². The fraction of sp³-hybridized carbons (Fsp3) is 0.480. The first-order valence-corrected chi connectivity index (χ1v) is 11.7. The number of ether oxygens (including phenoxy) is 1. The average molecular weight is 475 g/mol. The van der Waals surface area contributed by atoms with Gasteiger partial charge < -0.3 is 19.1 Å². The van der Waals surface area contributed by atoms with Crippen LogP contribution >= 0.6 is 11.6 Å². The van der Waals surface area contributed by atoms with Crippen LogP contribution in [-0.2, 0) is 24.3 Å². The van der Waals surface area contributed by atoms with Gasteiger partial charge in [-0.15, -0.1) is 0 Å². The summed E-state index contributed by atoms with van der Waals surface area (Å²) in [5.41, 5.74) is 1.74. The van der Waals surface area contributed by atoms with Gasteiger partial charge in [-0.1, -0.05) is 44.0 Å². The van der Waals surface area contributed by atoms with Crippen molar-refractivity contribution in [2.24, 2.45) is 0 Å². The van der Waals surface area contributed by atoms with E-state index >= 15 is 0 Å². The van der Waals surface area contributed by atoms with Gasteiger partial charge in [0.25, 0.3) is 0 Å². The summed E-state index contributed by atoms with van der Waals surface area (Å²) in [6.45, 7) is 9.15. The summed E-state index contributed by atoms with van der Waals surface area (Å²) >= 11 is 6.01. The molecule has 3 rings (SSSR count). The number of ketones is 1. The van der Waals surface area contributed by atoms with Gasteiger partial charge >= 0.3 is 0 Å². The lowest BCUT2D eigenvalue weighted by Gasteiger charge is -2.27. The number of Topliss-reactive ketones (excluding diaryl/α,β-unsaturated/α-hetero) is 1. The highest BCUT2D eigenvalue weighted by Crippen LogP contribution is 2.27. The number of aromatic nitrogens is 2. The van der Waals surface area contributed by atoms with Gasteiger partial charge in [-0.2, -0.15) is 0 Å². The van der Waals surface area contributed by atoms with Gasteiger partial charge in [0, 0.05) is 43.2 Å². The minimum absolute atomic E-state index is 0.00173. The molecule has 1 aliphatic rings. The monoisotopic (exact) mass is 474 g/mol. The number of halogens is 1. The molecule has 0 spiro atoms. The molecule has 1 aromatic carbocycles. The van der Waals surface area contributed by atoms with E-state index in [2.05, 4.69) is 23.7 Å². The van der Waals surface area contributed by atoms with Crippen LogP contribution < -0.4 is 4.74 Å². The highest BCUT2D eigenvalue weighted by atomic mass is 35.5. The second-order valence-corrected chi connectivity index (χ2v) is 8.36. The van der Waals surface area contributed by atoms with Crippen molar-refractivity contribution in [1.29, 1.82) is 0 Å². The number of nitrogens with zero attached hydrogens (tertiary/aromatic N) is 4. The zero-order valence-electron chi connectivity index (χ0n) is 20.3. The molecule has 7 nitrogen and oxygen atoms in total. The SMILES string of the molecule is CCCc1c(Cl)cccc1OC.CCN(C)C/C=C/C(=O)N1CCn2c(C(C)=O)cnc2C1. The first-order chi connectivity index (χ1) is 15.8. The van der Waals surface area contributed by atoms with Crippen molar-refractivity contribution < 1.29 is 14.3 Å². The Morgan fingerprint density at radius 3 is 2.67 bits per heavy atom. The van der Waals surface area contributed by atoms with Crippen LogP contribution in [-0.4, -0.2) is 64.8 Å². The Balaban J connectivity index is 0.000000273. The van der Waals surface area contributed by atoms with E-state index < -0.39 is 0 Å². The van der Waals surface area contributed by atoms with Crippen molar-refractivity contribution in [3.8, 4) is 5.75 Å². The minimum Gasteiger partial charge on any atom is -0.496 e. The molecule has 1 aliphatic heterocycles. The maximum absolute atomic E-state index is 12.1. The Morgan fingerprint density at radius 2 is 2.03 bits per heavy atom. The molecule has 0 radical (unpaired) electrons. The fourth-order valence-electron chi connectivity index (χ4n) is 3.52. The van der Waals surface area contributed by atoms with Crippen LogP contribution in [0.4, 0.5) is 0 Å². The van der Waals surface area contributed by atoms with Crippen molar-refractivity contribution in [2.75, 3.05) is 33.8 Å².